The van der Waals surface area contributed by atoms with E-state index in [0.717, 1.165) is 17.8 Å². The fourth-order valence-electron chi connectivity index (χ4n) is 1.21. The average molecular weight is 229 g/mol. The van der Waals surface area contributed by atoms with Gasteiger partial charge in [-0.25, -0.2) is 0 Å². The molecule has 0 radical (unpaired) electrons. The number of aliphatic hydroxyl groups excluding tert-OH is 1. The van der Waals surface area contributed by atoms with Gasteiger partial charge in [0.1, 0.15) is 0 Å². The first kappa shape index (κ1) is 13.3. The Morgan fingerprint density at radius 1 is 0.824 bits per heavy atom. The molecule has 90 valence electrons. The van der Waals surface area contributed by atoms with Gasteiger partial charge >= 0.3 is 0 Å². The van der Waals surface area contributed by atoms with Gasteiger partial charge in [0.05, 0.1) is 0 Å². The smallest absolute Gasteiger partial charge is 0.0428 e. The molecule has 0 aromatic heterocycles. The first-order valence-electron chi connectivity index (χ1n) is 5.84. The summed E-state index contributed by atoms with van der Waals surface area (Å²) < 4.78 is 0. The van der Waals surface area contributed by atoms with E-state index in [2.05, 4.69) is 5.32 Å². The van der Waals surface area contributed by atoms with Gasteiger partial charge in [-0.05, 0) is 30.7 Å². The van der Waals surface area contributed by atoms with E-state index < -0.39 is 0 Å². The number of hydrogen-bond acceptors (Lipinski definition) is 2. The Morgan fingerprint density at radius 2 is 1.18 bits per heavy atom. The molecule has 2 nitrogen and oxygen atoms in total. The van der Waals surface area contributed by atoms with Crippen LogP contribution in [0.5, 0.6) is 0 Å². The van der Waals surface area contributed by atoms with Crippen LogP contribution in [-0.2, 0) is 0 Å². The van der Waals surface area contributed by atoms with Crippen molar-refractivity contribution in [3.05, 3.63) is 60.7 Å². The van der Waals surface area contributed by atoms with E-state index in [0.29, 0.717) is 6.61 Å². The number of benzene rings is 2. The molecule has 0 bridgehead atoms. The van der Waals surface area contributed by atoms with Gasteiger partial charge < -0.3 is 10.4 Å². The molecule has 0 aliphatic rings. The van der Waals surface area contributed by atoms with Gasteiger partial charge in [-0.3, -0.25) is 0 Å². The third kappa shape index (κ3) is 5.73. The summed E-state index contributed by atoms with van der Waals surface area (Å²) >= 11 is 0. The minimum atomic E-state index is 0.319. The largest absolute Gasteiger partial charge is 0.396 e. The number of rotatable bonds is 3. The molecule has 0 atom stereocenters. The number of para-hydroxylation sites is 2. The zero-order valence-corrected chi connectivity index (χ0v) is 10.1. The van der Waals surface area contributed by atoms with Crippen molar-refractivity contribution in [3.63, 3.8) is 0 Å². The summed E-state index contributed by atoms with van der Waals surface area (Å²) in [6.45, 7) is 2.25. The zero-order valence-electron chi connectivity index (χ0n) is 10.1. The minimum absolute atomic E-state index is 0.319. The normalized spacial score (nSPS) is 9.06. The maximum Gasteiger partial charge on any atom is 0.0428 e. The van der Waals surface area contributed by atoms with Crippen LogP contribution < -0.4 is 5.32 Å². The van der Waals surface area contributed by atoms with Crippen LogP contribution in [0.25, 0.3) is 0 Å². The van der Waals surface area contributed by atoms with Gasteiger partial charge in [-0.15, -0.1) is 0 Å². The molecule has 2 aromatic carbocycles. The highest BCUT2D eigenvalue weighted by atomic mass is 16.2. The summed E-state index contributed by atoms with van der Waals surface area (Å²) in [6, 6.07) is 20.3. The minimum Gasteiger partial charge on any atom is -0.396 e. The molecular formula is C15H19NO. The van der Waals surface area contributed by atoms with E-state index in [4.69, 9.17) is 5.11 Å². The van der Waals surface area contributed by atoms with Crippen LogP contribution >= 0.6 is 0 Å². The van der Waals surface area contributed by atoms with E-state index >= 15 is 0 Å². The molecule has 2 rings (SSSR count). The Kier molecular flexibility index (Phi) is 6.53. The molecule has 0 aliphatic heterocycles. The highest BCUT2D eigenvalue weighted by molar-refractivity contribution is 5.58. The van der Waals surface area contributed by atoms with Crippen molar-refractivity contribution >= 4 is 11.4 Å². The van der Waals surface area contributed by atoms with Crippen LogP contribution in [0.15, 0.2) is 60.7 Å². The lowest BCUT2D eigenvalue weighted by atomic mass is 10.3. The molecule has 0 unspecified atom stereocenters. The van der Waals surface area contributed by atoms with E-state index in [1.165, 1.54) is 0 Å². The predicted octanol–water partition coefficient (Wildman–Crippen LogP) is 3.82. The molecule has 0 spiro atoms. The topological polar surface area (TPSA) is 32.3 Å². The maximum atomic E-state index is 7.88. The second kappa shape index (κ2) is 8.36. The molecule has 0 amide bonds. The first-order valence-corrected chi connectivity index (χ1v) is 5.84. The number of nitrogens with one attached hydrogen (secondary N) is 1. The standard InChI is InChI=1S/C12H11N.C3H8O/c1-3-7-11(8-4-1)13-12-9-5-2-6-10-12;1-2-3-4/h1-10,13H;4H,2-3H2,1H3. The zero-order chi connectivity index (χ0) is 12.3. The van der Waals surface area contributed by atoms with Crippen LogP contribution in [0, 0.1) is 0 Å². The third-order valence-corrected chi connectivity index (χ3v) is 2.06. The van der Waals surface area contributed by atoms with Gasteiger partial charge in [0.2, 0.25) is 0 Å². The van der Waals surface area contributed by atoms with Crippen molar-refractivity contribution in [1.29, 1.82) is 0 Å². The second-order valence-corrected chi connectivity index (χ2v) is 3.58. The van der Waals surface area contributed by atoms with Crippen molar-refractivity contribution in [3.8, 4) is 0 Å². The SMILES string of the molecule is CCCO.c1ccc(Nc2ccccc2)cc1. The lowest BCUT2D eigenvalue weighted by molar-refractivity contribution is 0.295. The predicted molar refractivity (Wildman–Crippen MR) is 73.5 cm³/mol. The number of hydrogen-bond donors (Lipinski definition) is 2. The Hall–Kier alpha value is -1.80. The number of aliphatic hydroxyl groups is 1. The van der Waals surface area contributed by atoms with Crippen LogP contribution in [0.4, 0.5) is 11.4 Å². The average Bonchev–Trinajstić information content (AvgIpc) is 2.41. The second-order valence-electron chi connectivity index (χ2n) is 3.58. The van der Waals surface area contributed by atoms with Crippen LogP contribution in [0.3, 0.4) is 0 Å². The Labute approximate surface area is 103 Å². The summed E-state index contributed by atoms with van der Waals surface area (Å²) in [7, 11) is 0. The molecule has 2 N–H and O–H groups in total. The highest BCUT2D eigenvalue weighted by Crippen LogP contribution is 2.14. The van der Waals surface area contributed by atoms with E-state index in [1.54, 1.807) is 0 Å². The summed E-state index contributed by atoms with van der Waals surface area (Å²) in [5.74, 6) is 0. The molecule has 0 saturated heterocycles. The van der Waals surface area contributed by atoms with Gasteiger partial charge in [-0.1, -0.05) is 43.3 Å². The van der Waals surface area contributed by atoms with Gasteiger partial charge in [-0.2, -0.15) is 0 Å². The van der Waals surface area contributed by atoms with Crippen molar-refractivity contribution in [2.75, 3.05) is 11.9 Å². The van der Waals surface area contributed by atoms with E-state index in [1.807, 2.05) is 67.6 Å². The summed E-state index contributed by atoms with van der Waals surface area (Å²) in [6.07, 6.45) is 0.875. The lowest BCUT2D eigenvalue weighted by Gasteiger charge is -2.04. The van der Waals surface area contributed by atoms with Crippen LogP contribution in [0.2, 0.25) is 0 Å². The molecule has 0 aliphatic carbocycles. The van der Waals surface area contributed by atoms with E-state index in [-0.39, 0.29) is 0 Å². The van der Waals surface area contributed by atoms with Crippen molar-refractivity contribution in [2.45, 2.75) is 13.3 Å². The maximum absolute atomic E-state index is 7.88. The fraction of sp³-hybridized carbons (Fsp3) is 0.200. The molecular weight excluding hydrogens is 210 g/mol. The van der Waals surface area contributed by atoms with Gasteiger partial charge in [0.15, 0.2) is 0 Å². The molecule has 2 aromatic rings. The molecule has 0 saturated carbocycles. The summed E-state index contributed by atoms with van der Waals surface area (Å²) in [5.41, 5.74) is 2.24. The number of anilines is 2. The van der Waals surface area contributed by atoms with Gasteiger partial charge in [0.25, 0.3) is 0 Å². The van der Waals surface area contributed by atoms with Crippen LogP contribution in [0.1, 0.15) is 13.3 Å². The van der Waals surface area contributed by atoms with Crippen molar-refractivity contribution in [2.24, 2.45) is 0 Å². The molecule has 17 heavy (non-hydrogen) atoms. The van der Waals surface area contributed by atoms with E-state index in [9.17, 15) is 0 Å². The molecule has 2 heteroatoms. The lowest BCUT2D eigenvalue weighted by Crippen LogP contribution is -1.87. The van der Waals surface area contributed by atoms with Gasteiger partial charge in [0, 0.05) is 18.0 Å². The Bertz CT molecular complexity index is 347. The summed E-state index contributed by atoms with van der Waals surface area (Å²) in [5, 5.41) is 11.2. The third-order valence-electron chi connectivity index (χ3n) is 2.06. The molecule has 0 heterocycles. The van der Waals surface area contributed by atoms with Crippen LogP contribution in [-0.4, -0.2) is 11.7 Å². The molecule has 0 fully saturated rings. The first-order chi connectivity index (χ1) is 8.36. The highest BCUT2D eigenvalue weighted by Gasteiger charge is 1.89. The summed E-state index contributed by atoms with van der Waals surface area (Å²) in [4.78, 5) is 0. The Morgan fingerprint density at radius 3 is 1.47 bits per heavy atom. The fourth-order valence-corrected chi connectivity index (χ4v) is 1.21. The van der Waals surface area contributed by atoms with Crippen molar-refractivity contribution < 1.29 is 5.11 Å². The quantitative estimate of drug-likeness (QED) is 0.838. The monoisotopic (exact) mass is 229 g/mol. The van der Waals surface area contributed by atoms with Crippen molar-refractivity contribution in [1.82, 2.24) is 0 Å². The Balaban J connectivity index is 0.000000317.